The molecule has 1 heterocycles. The Labute approximate surface area is 128 Å². The van der Waals surface area contributed by atoms with Crippen molar-refractivity contribution < 1.29 is 13.2 Å². The van der Waals surface area contributed by atoms with E-state index in [0.29, 0.717) is 17.0 Å². The van der Waals surface area contributed by atoms with E-state index in [9.17, 15) is 8.42 Å². The number of H-pyrrole nitrogens is 1. The number of hydrogen-bond donors (Lipinski definition) is 2. The van der Waals surface area contributed by atoms with E-state index >= 15 is 0 Å². The van der Waals surface area contributed by atoms with Crippen molar-refractivity contribution in [3.63, 3.8) is 0 Å². The molecule has 0 radical (unpaired) electrons. The van der Waals surface area contributed by atoms with Crippen molar-refractivity contribution >= 4 is 26.6 Å². The van der Waals surface area contributed by atoms with Gasteiger partial charge in [-0.05, 0) is 36.8 Å². The van der Waals surface area contributed by atoms with Crippen LogP contribution in [0, 0.1) is 6.92 Å². The van der Waals surface area contributed by atoms with Crippen LogP contribution in [0.4, 0.5) is 5.69 Å². The molecule has 7 heteroatoms. The number of anilines is 1. The molecular formula is C15H15N3O3S. The smallest absolute Gasteiger partial charge is 0.261 e. The van der Waals surface area contributed by atoms with Gasteiger partial charge in [-0.25, -0.2) is 8.42 Å². The van der Waals surface area contributed by atoms with E-state index in [4.69, 9.17) is 4.74 Å². The zero-order chi connectivity index (χ0) is 15.7. The highest BCUT2D eigenvalue weighted by Gasteiger charge is 2.17. The molecule has 0 aliphatic rings. The van der Waals surface area contributed by atoms with Crippen LogP contribution >= 0.6 is 0 Å². The number of nitrogens with zero attached hydrogens (tertiary/aromatic N) is 1. The first-order chi connectivity index (χ1) is 10.5. The highest BCUT2D eigenvalue weighted by molar-refractivity contribution is 7.92. The number of methoxy groups -OCH3 is 1. The van der Waals surface area contributed by atoms with Gasteiger partial charge in [-0.15, -0.1) is 0 Å². The lowest BCUT2D eigenvalue weighted by molar-refractivity contribution is 0.411. The van der Waals surface area contributed by atoms with Crippen molar-refractivity contribution in [1.82, 2.24) is 10.2 Å². The predicted octanol–water partition coefficient (Wildman–Crippen LogP) is 2.68. The first-order valence-corrected chi connectivity index (χ1v) is 8.09. The molecule has 1 aromatic heterocycles. The molecule has 2 N–H and O–H groups in total. The average Bonchev–Trinajstić information content (AvgIpc) is 2.96. The summed E-state index contributed by atoms with van der Waals surface area (Å²) >= 11 is 0. The minimum absolute atomic E-state index is 0.183. The molecule has 0 saturated carbocycles. The molecule has 22 heavy (non-hydrogen) atoms. The number of rotatable bonds is 4. The van der Waals surface area contributed by atoms with Crippen LogP contribution in [0.3, 0.4) is 0 Å². The number of sulfonamides is 1. The molecule has 114 valence electrons. The van der Waals surface area contributed by atoms with Crippen LogP contribution in [-0.2, 0) is 10.0 Å². The van der Waals surface area contributed by atoms with Gasteiger partial charge < -0.3 is 4.74 Å². The average molecular weight is 317 g/mol. The lowest BCUT2D eigenvalue weighted by atomic mass is 10.2. The fourth-order valence-electron chi connectivity index (χ4n) is 2.28. The van der Waals surface area contributed by atoms with Gasteiger partial charge in [0.1, 0.15) is 5.75 Å². The Hall–Kier alpha value is -2.54. The van der Waals surface area contributed by atoms with Crippen LogP contribution in [0.25, 0.3) is 10.9 Å². The third-order valence-electron chi connectivity index (χ3n) is 3.40. The van der Waals surface area contributed by atoms with Crippen LogP contribution in [0.1, 0.15) is 5.56 Å². The van der Waals surface area contributed by atoms with E-state index in [2.05, 4.69) is 14.9 Å². The zero-order valence-corrected chi connectivity index (χ0v) is 12.9. The monoisotopic (exact) mass is 317 g/mol. The number of benzene rings is 2. The van der Waals surface area contributed by atoms with Crippen molar-refractivity contribution in [3.8, 4) is 5.75 Å². The molecule has 0 spiro atoms. The molecular weight excluding hydrogens is 302 g/mol. The molecule has 0 aliphatic carbocycles. The summed E-state index contributed by atoms with van der Waals surface area (Å²) in [6.07, 6.45) is 1.64. The fraction of sp³-hybridized carbons (Fsp3) is 0.133. The summed E-state index contributed by atoms with van der Waals surface area (Å²) < 4.78 is 32.8. The molecule has 3 aromatic rings. The molecule has 0 bridgehead atoms. The third kappa shape index (κ3) is 2.50. The SMILES string of the molecule is COc1ccc(S(=O)(=O)Nc2cccc3cn[nH]c23)cc1C. The van der Waals surface area contributed by atoms with Gasteiger partial charge in [-0.3, -0.25) is 9.82 Å². The minimum Gasteiger partial charge on any atom is -0.496 e. The number of aryl methyl sites for hydroxylation is 1. The number of nitrogens with one attached hydrogen (secondary N) is 2. The highest BCUT2D eigenvalue weighted by Crippen LogP contribution is 2.26. The molecule has 0 amide bonds. The van der Waals surface area contributed by atoms with Crippen LogP contribution in [0.2, 0.25) is 0 Å². The Balaban J connectivity index is 2.00. The zero-order valence-electron chi connectivity index (χ0n) is 12.1. The molecule has 0 fully saturated rings. The van der Waals surface area contributed by atoms with E-state index in [1.165, 1.54) is 6.07 Å². The van der Waals surface area contributed by atoms with Crippen LogP contribution < -0.4 is 9.46 Å². The number of fused-ring (bicyclic) bond motifs is 1. The van der Waals surface area contributed by atoms with Gasteiger partial charge in [0.2, 0.25) is 0 Å². The van der Waals surface area contributed by atoms with Crippen molar-refractivity contribution in [2.75, 3.05) is 11.8 Å². The van der Waals surface area contributed by atoms with Crippen molar-refractivity contribution in [2.45, 2.75) is 11.8 Å². The normalized spacial score (nSPS) is 11.5. The number of hydrogen-bond acceptors (Lipinski definition) is 4. The second kappa shape index (κ2) is 5.34. The maximum Gasteiger partial charge on any atom is 0.261 e. The van der Waals surface area contributed by atoms with Crippen molar-refractivity contribution in [3.05, 3.63) is 48.2 Å². The summed E-state index contributed by atoms with van der Waals surface area (Å²) in [5.74, 6) is 0.648. The van der Waals surface area contributed by atoms with Crippen LogP contribution in [0.5, 0.6) is 5.75 Å². The second-order valence-corrected chi connectivity index (χ2v) is 6.56. The molecule has 3 rings (SSSR count). The van der Waals surface area contributed by atoms with Gasteiger partial charge >= 0.3 is 0 Å². The molecule has 0 aliphatic heterocycles. The number of aromatic nitrogens is 2. The van der Waals surface area contributed by atoms with Gasteiger partial charge in [-0.1, -0.05) is 12.1 Å². The van der Waals surface area contributed by atoms with E-state index in [0.717, 1.165) is 10.9 Å². The Kier molecular flexibility index (Phi) is 3.50. The maximum atomic E-state index is 12.5. The lowest BCUT2D eigenvalue weighted by Crippen LogP contribution is -2.13. The third-order valence-corrected chi connectivity index (χ3v) is 4.76. The molecule has 0 atom stereocenters. The molecule has 0 unspecified atom stereocenters. The van der Waals surface area contributed by atoms with Gasteiger partial charge in [0.25, 0.3) is 10.0 Å². The van der Waals surface area contributed by atoms with Gasteiger partial charge in [-0.2, -0.15) is 5.10 Å². The standard InChI is InChI=1S/C15H15N3O3S/c1-10-8-12(6-7-14(10)21-2)22(19,20)18-13-5-3-4-11-9-16-17-15(11)13/h3-9,18H,1-2H3,(H,16,17). The summed E-state index contributed by atoms with van der Waals surface area (Å²) in [6, 6.07) is 10.0. The van der Waals surface area contributed by atoms with Gasteiger partial charge in [0.15, 0.2) is 0 Å². The first-order valence-electron chi connectivity index (χ1n) is 6.61. The van der Waals surface area contributed by atoms with Crippen LogP contribution in [0.15, 0.2) is 47.5 Å². The Morgan fingerprint density at radius 2 is 2.05 bits per heavy atom. The summed E-state index contributed by atoms with van der Waals surface area (Å²) in [6.45, 7) is 1.80. The molecule has 2 aromatic carbocycles. The predicted molar refractivity (Wildman–Crippen MR) is 84.6 cm³/mol. The lowest BCUT2D eigenvalue weighted by Gasteiger charge is -2.11. The van der Waals surface area contributed by atoms with E-state index < -0.39 is 10.0 Å². The summed E-state index contributed by atoms with van der Waals surface area (Å²) in [5.41, 5.74) is 1.87. The first kappa shape index (κ1) is 14.4. The molecule has 6 nitrogen and oxygen atoms in total. The van der Waals surface area contributed by atoms with E-state index in [-0.39, 0.29) is 4.90 Å². The molecule has 0 saturated heterocycles. The Bertz CT molecular complexity index is 932. The van der Waals surface area contributed by atoms with Gasteiger partial charge in [0.05, 0.1) is 29.4 Å². The summed E-state index contributed by atoms with van der Waals surface area (Å²) in [5, 5.41) is 7.56. The number of ether oxygens (including phenoxy) is 1. The Morgan fingerprint density at radius 3 is 2.77 bits per heavy atom. The van der Waals surface area contributed by atoms with Crippen molar-refractivity contribution in [2.24, 2.45) is 0 Å². The van der Waals surface area contributed by atoms with E-state index in [1.807, 2.05) is 6.07 Å². The largest absolute Gasteiger partial charge is 0.496 e. The highest BCUT2D eigenvalue weighted by atomic mass is 32.2. The topological polar surface area (TPSA) is 84.1 Å². The maximum absolute atomic E-state index is 12.5. The second-order valence-electron chi connectivity index (χ2n) is 4.88. The van der Waals surface area contributed by atoms with E-state index in [1.54, 1.807) is 44.5 Å². The summed E-state index contributed by atoms with van der Waals surface area (Å²) in [7, 11) is -2.13. The number of para-hydroxylation sites is 1. The fourth-order valence-corrected chi connectivity index (χ4v) is 3.43. The Morgan fingerprint density at radius 1 is 1.23 bits per heavy atom. The van der Waals surface area contributed by atoms with Crippen LogP contribution in [-0.4, -0.2) is 25.7 Å². The van der Waals surface area contributed by atoms with Gasteiger partial charge in [0, 0.05) is 5.39 Å². The minimum atomic E-state index is -3.68. The number of aromatic amines is 1. The quantitative estimate of drug-likeness (QED) is 0.775. The summed E-state index contributed by atoms with van der Waals surface area (Å²) in [4.78, 5) is 0.183. The van der Waals surface area contributed by atoms with Crippen molar-refractivity contribution in [1.29, 1.82) is 0 Å².